The van der Waals surface area contributed by atoms with Gasteiger partial charge in [0, 0.05) is 38.7 Å². The Morgan fingerprint density at radius 2 is 1.60 bits per heavy atom. The molecule has 5 aliphatic carbocycles. The monoisotopic (exact) mass is 418 g/mol. The second-order valence-corrected chi connectivity index (χ2v) is 11.3. The molecule has 0 aromatic heterocycles. The van der Waals surface area contributed by atoms with Crippen molar-refractivity contribution in [3.8, 4) is 0 Å². The highest BCUT2D eigenvalue weighted by molar-refractivity contribution is 5.77. The fraction of sp³-hybridized carbons (Fsp3) is 0.960. The lowest BCUT2D eigenvalue weighted by atomic mass is 9.49. The van der Waals surface area contributed by atoms with E-state index in [-0.39, 0.29) is 0 Å². The molecule has 1 saturated heterocycles. The van der Waals surface area contributed by atoms with E-state index < -0.39 is 0 Å². The fourth-order valence-corrected chi connectivity index (χ4v) is 7.86. The molecule has 5 nitrogen and oxygen atoms in total. The molecule has 6 rings (SSSR count). The average Bonchev–Trinajstić information content (AvgIpc) is 2.72. The molecule has 1 N–H and O–H groups in total. The van der Waals surface area contributed by atoms with Crippen LogP contribution in [0.1, 0.15) is 77.0 Å². The van der Waals surface area contributed by atoms with Gasteiger partial charge in [0.15, 0.2) is 0 Å². The van der Waals surface area contributed by atoms with Crippen molar-refractivity contribution >= 4 is 5.91 Å². The van der Waals surface area contributed by atoms with Gasteiger partial charge in [0.05, 0.1) is 19.3 Å². The lowest BCUT2D eigenvalue weighted by Crippen LogP contribution is -2.49. The van der Waals surface area contributed by atoms with Crippen molar-refractivity contribution < 1.29 is 14.3 Å². The molecule has 0 spiro atoms. The van der Waals surface area contributed by atoms with E-state index in [1.54, 1.807) is 0 Å². The number of nitrogens with one attached hydrogen (secondary N) is 1. The number of hydrogen-bond acceptors (Lipinski definition) is 4. The molecule has 170 valence electrons. The number of amides is 1. The second-order valence-electron chi connectivity index (χ2n) is 11.3. The number of morpholine rings is 1. The molecule has 5 saturated carbocycles. The first kappa shape index (κ1) is 21.2. The topological polar surface area (TPSA) is 50.8 Å². The highest BCUT2D eigenvalue weighted by Crippen LogP contribution is 2.61. The van der Waals surface area contributed by atoms with Gasteiger partial charge in [-0.05, 0) is 93.8 Å². The summed E-state index contributed by atoms with van der Waals surface area (Å²) in [5, 5.41) is 3.41. The first-order valence-electron chi connectivity index (χ1n) is 12.9. The Hall–Kier alpha value is -0.650. The van der Waals surface area contributed by atoms with E-state index in [2.05, 4.69) is 10.2 Å². The smallest absolute Gasteiger partial charge is 0.220 e. The van der Waals surface area contributed by atoms with Crippen LogP contribution in [0.2, 0.25) is 0 Å². The molecular formula is C25H42N2O3. The average molecular weight is 419 g/mol. The molecule has 1 amide bonds. The number of rotatable bonds is 8. The SMILES string of the molecule is O=C(CC12CC3CC(CC(C3)C1)C2)NC1CCC(OCCCN2CCOCC2)CC1. The number of hydrogen-bond donors (Lipinski definition) is 1. The predicted octanol–water partition coefficient (Wildman–Crippen LogP) is 3.76. The highest BCUT2D eigenvalue weighted by atomic mass is 16.5. The number of carbonyl (C=O) groups excluding carboxylic acids is 1. The van der Waals surface area contributed by atoms with Crippen LogP contribution in [0.3, 0.4) is 0 Å². The van der Waals surface area contributed by atoms with Crippen molar-refractivity contribution in [1.29, 1.82) is 0 Å². The van der Waals surface area contributed by atoms with Crippen molar-refractivity contribution in [1.82, 2.24) is 10.2 Å². The van der Waals surface area contributed by atoms with Gasteiger partial charge in [0.2, 0.25) is 5.91 Å². The van der Waals surface area contributed by atoms with E-state index in [1.807, 2.05) is 0 Å². The Morgan fingerprint density at radius 1 is 0.967 bits per heavy atom. The minimum atomic E-state index is 0.340. The van der Waals surface area contributed by atoms with Crippen LogP contribution in [0.15, 0.2) is 0 Å². The Labute approximate surface area is 182 Å². The summed E-state index contributed by atoms with van der Waals surface area (Å²) in [4.78, 5) is 15.4. The minimum Gasteiger partial charge on any atom is -0.379 e. The number of ether oxygens (including phenoxy) is 2. The van der Waals surface area contributed by atoms with Crippen LogP contribution in [-0.2, 0) is 14.3 Å². The van der Waals surface area contributed by atoms with Gasteiger partial charge in [-0.25, -0.2) is 0 Å². The van der Waals surface area contributed by atoms with E-state index in [1.165, 1.54) is 38.5 Å². The zero-order valence-electron chi connectivity index (χ0n) is 18.8. The predicted molar refractivity (Wildman–Crippen MR) is 117 cm³/mol. The molecule has 6 fully saturated rings. The first-order valence-corrected chi connectivity index (χ1v) is 12.9. The maximum absolute atomic E-state index is 12.9. The maximum atomic E-state index is 12.9. The maximum Gasteiger partial charge on any atom is 0.220 e. The zero-order chi connectivity index (χ0) is 20.4. The van der Waals surface area contributed by atoms with Crippen molar-refractivity contribution in [2.24, 2.45) is 23.2 Å². The summed E-state index contributed by atoms with van der Waals surface area (Å²) in [5.74, 6) is 3.13. The molecule has 6 aliphatic rings. The van der Waals surface area contributed by atoms with E-state index in [0.29, 0.717) is 23.5 Å². The van der Waals surface area contributed by atoms with Crippen LogP contribution in [0.5, 0.6) is 0 Å². The normalized spacial score (nSPS) is 41.1. The van der Waals surface area contributed by atoms with Crippen LogP contribution < -0.4 is 5.32 Å². The molecule has 0 unspecified atom stereocenters. The number of nitrogens with zero attached hydrogens (tertiary/aromatic N) is 1. The third-order valence-electron chi connectivity index (χ3n) is 8.82. The third kappa shape index (κ3) is 5.21. The van der Waals surface area contributed by atoms with Crippen LogP contribution in [-0.4, -0.2) is 62.4 Å². The third-order valence-corrected chi connectivity index (χ3v) is 8.82. The highest BCUT2D eigenvalue weighted by Gasteiger charge is 2.51. The van der Waals surface area contributed by atoms with E-state index in [9.17, 15) is 4.79 Å². The fourth-order valence-electron chi connectivity index (χ4n) is 7.86. The molecule has 1 aliphatic heterocycles. The molecule has 0 aromatic carbocycles. The second kappa shape index (κ2) is 9.46. The minimum absolute atomic E-state index is 0.340. The van der Waals surface area contributed by atoms with Crippen molar-refractivity contribution in [2.75, 3.05) is 39.5 Å². The molecule has 30 heavy (non-hydrogen) atoms. The van der Waals surface area contributed by atoms with Gasteiger partial charge in [-0.2, -0.15) is 0 Å². The standard InChI is InChI=1S/C25H42N2O3/c28-24(18-25-15-19-12-20(16-25)14-21(13-19)17-25)26-22-2-4-23(5-3-22)30-9-1-6-27-7-10-29-11-8-27/h19-23H,1-18H2,(H,26,28). The van der Waals surface area contributed by atoms with Gasteiger partial charge >= 0.3 is 0 Å². The molecule has 1 heterocycles. The van der Waals surface area contributed by atoms with Crippen LogP contribution >= 0.6 is 0 Å². The quantitative estimate of drug-likeness (QED) is 0.610. The molecular weight excluding hydrogens is 376 g/mol. The summed E-state index contributed by atoms with van der Waals surface area (Å²) in [6, 6.07) is 0.375. The Kier molecular flexibility index (Phi) is 6.69. The Balaban J connectivity index is 0.975. The Morgan fingerprint density at radius 3 is 2.23 bits per heavy atom. The van der Waals surface area contributed by atoms with Crippen molar-refractivity contribution in [2.45, 2.75) is 89.2 Å². The van der Waals surface area contributed by atoms with Gasteiger partial charge in [0.25, 0.3) is 0 Å². The summed E-state index contributed by atoms with van der Waals surface area (Å²) in [5.41, 5.74) is 0.361. The van der Waals surface area contributed by atoms with E-state index >= 15 is 0 Å². The summed E-state index contributed by atoms with van der Waals surface area (Å²) in [6.07, 6.45) is 15.0. The number of carbonyl (C=O) groups is 1. The summed E-state index contributed by atoms with van der Waals surface area (Å²) < 4.78 is 11.6. The zero-order valence-corrected chi connectivity index (χ0v) is 18.8. The molecule has 0 aromatic rings. The lowest BCUT2D eigenvalue weighted by molar-refractivity contribution is -0.130. The van der Waals surface area contributed by atoms with Gasteiger partial charge in [-0.1, -0.05) is 0 Å². The Bertz CT molecular complexity index is 546. The molecule has 0 radical (unpaired) electrons. The van der Waals surface area contributed by atoms with Crippen LogP contribution in [0.25, 0.3) is 0 Å². The van der Waals surface area contributed by atoms with Crippen LogP contribution in [0.4, 0.5) is 0 Å². The summed E-state index contributed by atoms with van der Waals surface area (Å²) in [7, 11) is 0. The summed E-state index contributed by atoms with van der Waals surface area (Å²) >= 11 is 0. The lowest BCUT2D eigenvalue weighted by Gasteiger charge is -2.56. The largest absolute Gasteiger partial charge is 0.379 e. The van der Waals surface area contributed by atoms with Gasteiger partial charge in [-0.15, -0.1) is 0 Å². The summed E-state index contributed by atoms with van der Waals surface area (Å²) in [6.45, 7) is 5.87. The first-order chi connectivity index (χ1) is 14.7. The molecule has 4 bridgehead atoms. The van der Waals surface area contributed by atoms with Gasteiger partial charge < -0.3 is 14.8 Å². The van der Waals surface area contributed by atoms with E-state index in [4.69, 9.17) is 9.47 Å². The van der Waals surface area contributed by atoms with Crippen LogP contribution in [0, 0.1) is 23.2 Å². The molecule has 5 heteroatoms. The molecule has 0 atom stereocenters. The van der Waals surface area contributed by atoms with Crippen molar-refractivity contribution in [3.05, 3.63) is 0 Å². The van der Waals surface area contributed by atoms with Gasteiger partial charge in [-0.3, -0.25) is 9.69 Å². The van der Waals surface area contributed by atoms with Gasteiger partial charge in [0.1, 0.15) is 0 Å². The van der Waals surface area contributed by atoms with Crippen molar-refractivity contribution in [3.63, 3.8) is 0 Å². The van der Waals surface area contributed by atoms with E-state index in [0.717, 1.165) is 95.7 Å².